The second-order valence-corrected chi connectivity index (χ2v) is 6.64. The summed E-state index contributed by atoms with van der Waals surface area (Å²) < 4.78 is 0. The van der Waals surface area contributed by atoms with Gasteiger partial charge >= 0.3 is 6.03 Å². The van der Waals surface area contributed by atoms with E-state index in [4.69, 9.17) is 5.73 Å². The minimum absolute atomic E-state index is 0.00384. The average molecular weight is 280 g/mol. The number of rotatable bonds is 1. The number of carbonyl (C=O) groups excluding carboxylic acids is 2. The molecular formula is C14H24N4O2. The van der Waals surface area contributed by atoms with Gasteiger partial charge in [0.05, 0.1) is 11.6 Å². The summed E-state index contributed by atoms with van der Waals surface area (Å²) >= 11 is 0. The fourth-order valence-electron chi connectivity index (χ4n) is 3.89. The van der Waals surface area contributed by atoms with Crippen LogP contribution in [0.15, 0.2) is 0 Å². The lowest BCUT2D eigenvalue weighted by atomic mass is 9.76. The molecule has 6 heteroatoms. The van der Waals surface area contributed by atoms with Crippen LogP contribution in [0, 0.1) is 5.92 Å². The molecule has 2 heterocycles. The van der Waals surface area contributed by atoms with Crippen molar-refractivity contribution in [3.05, 3.63) is 0 Å². The maximum atomic E-state index is 12.8. The molecule has 3 N–H and O–H groups in total. The van der Waals surface area contributed by atoms with E-state index in [1.807, 2.05) is 9.80 Å². The van der Waals surface area contributed by atoms with Gasteiger partial charge < -0.3 is 20.9 Å². The van der Waals surface area contributed by atoms with Crippen molar-refractivity contribution in [3.63, 3.8) is 0 Å². The van der Waals surface area contributed by atoms with Crippen LogP contribution in [0.25, 0.3) is 0 Å². The van der Waals surface area contributed by atoms with Crippen molar-refractivity contribution in [2.75, 3.05) is 26.2 Å². The van der Waals surface area contributed by atoms with E-state index in [1.165, 1.54) is 6.42 Å². The second-order valence-electron chi connectivity index (χ2n) is 6.64. The molecule has 3 amide bonds. The number of amides is 3. The van der Waals surface area contributed by atoms with E-state index in [0.717, 1.165) is 19.3 Å². The third-order valence-corrected chi connectivity index (χ3v) is 4.98. The van der Waals surface area contributed by atoms with Crippen molar-refractivity contribution in [2.45, 2.75) is 44.2 Å². The number of hydrogen-bond donors (Lipinski definition) is 2. The van der Waals surface area contributed by atoms with Gasteiger partial charge in [0.15, 0.2) is 0 Å². The Morgan fingerprint density at radius 1 is 1.45 bits per heavy atom. The van der Waals surface area contributed by atoms with E-state index in [2.05, 4.69) is 12.2 Å². The fourth-order valence-corrected chi connectivity index (χ4v) is 3.89. The molecule has 20 heavy (non-hydrogen) atoms. The van der Waals surface area contributed by atoms with Crippen molar-refractivity contribution < 1.29 is 9.59 Å². The summed E-state index contributed by atoms with van der Waals surface area (Å²) in [6.07, 6.45) is 3.78. The molecule has 0 radical (unpaired) electrons. The van der Waals surface area contributed by atoms with Crippen LogP contribution in [0.2, 0.25) is 0 Å². The van der Waals surface area contributed by atoms with Crippen LogP contribution in [0.4, 0.5) is 4.79 Å². The molecule has 6 nitrogen and oxygen atoms in total. The van der Waals surface area contributed by atoms with Crippen LogP contribution >= 0.6 is 0 Å². The van der Waals surface area contributed by atoms with E-state index in [-0.39, 0.29) is 18.0 Å². The van der Waals surface area contributed by atoms with Gasteiger partial charge in [-0.25, -0.2) is 4.79 Å². The van der Waals surface area contributed by atoms with Gasteiger partial charge in [0, 0.05) is 26.2 Å². The van der Waals surface area contributed by atoms with Crippen LogP contribution in [-0.4, -0.2) is 59.5 Å². The smallest absolute Gasteiger partial charge is 0.317 e. The molecule has 3 unspecified atom stereocenters. The molecular weight excluding hydrogens is 256 g/mol. The summed E-state index contributed by atoms with van der Waals surface area (Å²) in [5.74, 6) is 0.608. The van der Waals surface area contributed by atoms with E-state index in [1.54, 1.807) is 0 Å². The Morgan fingerprint density at radius 2 is 2.25 bits per heavy atom. The van der Waals surface area contributed by atoms with Gasteiger partial charge in [-0.15, -0.1) is 0 Å². The number of urea groups is 1. The zero-order chi connectivity index (χ0) is 14.3. The second kappa shape index (κ2) is 4.91. The van der Waals surface area contributed by atoms with E-state index < -0.39 is 5.54 Å². The summed E-state index contributed by atoms with van der Waals surface area (Å²) in [6.45, 7) is 4.65. The summed E-state index contributed by atoms with van der Waals surface area (Å²) in [4.78, 5) is 28.1. The van der Waals surface area contributed by atoms with E-state index in [0.29, 0.717) is 32.1 Å². The molecule has 1 saturated carbocycles. The molecule has 112 valence electrons. The SMILES string of the molecule is CC1CCCC(N)(C(=O)N2CCN3C(=O)NCC3C2)C1. The summed E-state index contributed by atoms with van der Waals surface area (Å²) in [5, 5.41) is 2.83. The maximum Gasteiger partial charge on any atom is 0.317 e. The molecule has 0 aromatic carbocycles. The number of hydrogen-bond acceptors (Lipinski definition) is 3. The first-order valence-corrected chi connectivity index (χ1v) is 7.62. The first kappa shape index (κ1) is 13.7. The summed E-state index contributed by atoms with van der Waals surface area (Å²) in [6, 6.07) is 0.112. The third-order valence-electron chi connectivity index (χ3n) is 4.98. The molecule has 0 spiro atoms. The van der Waals surface area contributed by atoms with Crippen molar-refractivity contribution in [2.24, 2.45) is 11.7 Å². The number of carbonyl (C=O) groups is 2. The van der Waals surface area contributed by atoms with Crippen molar-refractivity contribution >= 4 is 11.9 Å². The Bertz CT molecular complexity index is 427. The zero-order valence-electron chi connectivity index (χ0n) is 12.1. The molecule has 0 bridgehead atoms. The number of piperazine rings is 1. The topological polar surface area (TPSA) is 78.7 Å². The largest absolute Gasteiger partial charge is 0.337 e. The first-order chi connectivity index (χ1) is 9.49. The number of fused-ring (bicyclic) bond motifs is 1. The Kier molecular flexibility index (Phi) is 3.36. The number of nitrogens with zero attached hydrogens (tertiary/aromatic N) is 2. The molecule has 2 aliphatic heterocycles. The Balaban J connectivity index is 1.67. The highest BCUT2D eigenvalue weighted by molar-refractivity contribution is 5.87. The lowest BCUT2D eigenvalue weighted by Crippen LogP contribution is -2.62. The molecule has 0 aromatic rings. The van der Waals surface area contributed by atoms with Gasteiger partial charge in [0.1, 0.15) is 0 Å². The molecule has 3 rings (SSSR count). The predicted molar refractivity (Wildman–Crippen MR) is 75.0 cm³/mol. The maximum absolute atomic E-state index is 12.8. The Morgan fingerprint density at radius 3 is 3.00 bits per heavy atom. The standard InChI is InChI=1S/C14H24N4O2/c1-10-3-2-4-14(15,7-10)12(19)17-5-6-18-11(9-17)8-16-13(18)20/h10-11H,2-9,15H2,1H3,(H,16,20). The highest BCUT2D eigenvalue weighted by Crippen LogP contribution is 2.32. The van der Waals surface area contributed by atoms with Crippen molar-refractivity contribution in [1.29, 1.82) is 0 Å². The fraction of sp³-hybridized carbons (Fsp3) is 0.857. The molecule has 3 atom stereocenters. The minimum Gasteiger partial charge on any atom is -0.337 e. The van der Waals surface area contributed by atoms with E-state index >= 15 is 0 Å². The molecule has 3 aliphatic rings. The molecule has 3 fully saturated rings. The quantitative estimate of drug-likeness (QED) is 0.716. The Labute approximate surface area is 119 Å². The monoisotopic (exact) mass is 280 g/mol. The van der Waals surface area contributed by atoms with Crippen molar-refractivity contribution in [3.8, 4) is 0 Å². The molecule has 0 aromatic heterocycles. The van der Waals surface area contributed by atoms with Gasteiger partial charge in [0.25, 0.3) is 0 Å². The lowest BCUT2D eigenvalue weighted by molar-refractivity contribution is -0.141. The van der Waals surface area contributed by atoms with Crippen molar-refractivity contribution in [1.82, 2.24) is 15.1 Å². The van der Waals surface area contributed by atoms with Crippen LogP contribution in [0.3, 0.4) is 0 Å². The summed E-state index contributed by atoms with van der Waals surface area (Å²) in [5.41, 5.74) is 5.72. The Hall–Kier alpha value is -1.30. The van der Waals surface area contributed by atoms with Gasteiger partial charge in [-0.05, 0) is 18.8 Å². The predicted octanol–water partition coefficient (Wildman–Crippen LogP) is 0.130. The minimum atomic E-state index is -0.685. The van der Waals surface area contributed by atoms with Crippen LogP contribution in [0.5, 0.6) is 0 Å². The van der Waals surface area contributed by atoms with Crippen LogP contribution in [0.1, 0.15) is 32.6 Å². The first-order valence-electron chi connectivity index (χ1n) is 7.62. The van der Waals surface area contributed by atoms with Crippen LogP contribution < -0.4 is 11.1 Å². The van der Waals surface area contributed by atoms with Crippen LogP contribution in [-0.2, 0) is 4.79 Å². The normalized spacial score (nSPS) is 37.6. The highest BCUT2D eigenvalue weighted by atomic mass is 16.2. The molecule has 1 aliphatic carbocycles. The number of nitrogens with two attached hydrogens (primary N) is 1. The summed E-state index contributed by atoms with van der Waals surface area (Å²) in [7, 11) is 0. The zero-order valence-corrected chi connectivity index (χ0v) is 12.1. The van der Waals surface area contributed by atoms with Gasteiger partial charge in [-0.1, -0.05) is 19.8 Å². The van der Waals surface area contributed by atoms with Gasteiger partial charge in [-0.3, -0.25) is 4.79 Å². The van der Waals surface area contributed by atoms with E-state index in [9.17, 15) is 9.59 Å². The van der Waals surface area contributed by atoms with Gasteiger partial charge in [0.2, 0.25) is 5.91 Å². The molecule has 2 saturated heterocycles. The third kappa shape index (κ3) is 2.26. The highest BCUT2D eigenvalue weighted by Gasteiger charge is 2.44. The number of nitrogens with one attached hydrogen (secondary N) is 1. The average Bonchev–Trinajstić information content (AvgIpc) is 2.79. The lowest BCUT2D eigenvalue weighted by Gasteiger charge is -2.43. The van der Waals surface area contributed by atoms with Gasteiger partial charge in [-0.2, -0.15) is 0 Å².